The molecule has 0 aliphatic carbocycles. The lowest BCUT2D eigenvalue weighted by Crippen LogP contribution is -2.18. The maximum Gasteiger partial charge on any atom is 0.138 e. The second kappa shape index (κ2) is 6.89. The molecule has 5 nitrogen and oxygen atoms in total. The highest BCUT2D eigenvalue weighted by Crippen LogP contribution is 2.10. The zero-order valence-corrected chi connectivity index (χ0v) is 11.1. The Kier molecular flexibility index (Phi) is 4.92. The van der Waals surface area contributed by atoms with Crippen LogP contribution in [-0.4, -0.2) is 32.6 Å². The number of aliphatic hydroxyl groups excluding tert-OH is 1. The molecule has 102 valence electrons. The number of ether oxygens (including phenoxy) is 1. The van der Waals surface area contributed by atoms with Gasteiger partial charge in [-0.1, -0.05) is 18.2 Å². The van der Waals surface area contributed by atoms with Gasteiger partial charge in [0.05, 0.1) is 12.7 Å². The van der Waals surface area contributed by atoms with E-state index >= 15 is 0 Å². The fourth-order valence-electron chi connectivity index (χ4n) is 1.85. The Labute approximate surface area is 112 Å². The minimum Gasteiger partial charge on any atom is -0.493 e. The van der Waals surface area contributed by atoms with Crippen molar-refractivity contribution in [2.24, 2.45) is 0 Å². The van der Waals surface area contributed by atoms with Crippen LogP contribution in [0.5, 0.6) is 5.75 Å². The smallest absolute Gasteiger partial charge is 0.138 e. The molecule has 1 aromatic heterocycles. The molecule has 0 spiro atoms. The molecule has 0 fully saturated rings. The summed E-state index contributed by atoms with van der Waals surface area (Å²) < 4.78 is 7.34. The molecular weight excluding hydrogens is 242 g/mol. The predicted octanol–water partition coefficient (Wildman–Crippen LogP) is 1.67. The van der Waals surface area contributed by atoms with Crippen molar-refractivity contribution in [2.75, 3.05) is 6.61 Å². The van der Waals surface area contributed by atoms with Crippen molar-refractivity contribution < 1.29 is 9.84 Å². The van der Waals surface area contributed by atoms with Gasteiger partial charge in [0.15, 0.2) is 0 Å². The van der Waals surface area contributed by atoms with Gasteiger partial charge in [-0.15, -0.1) is 0 Å². The predicted molar refractivity (Wildman–Crippen MR) is 72.0 cm³/mol. The SMILES string of the molecule is CCn1ncnc1CC(O)CCOc1ccccc1. The number of aryl methyl sites for hydroxylation is 1. The van der Waals surface area contributed by atoms with Crippen LogP contribution in [-0.2, 0) is 13.0 Å². The summed E-state index contributed by atoms with van der Waals surface area (Å²) in [4.78, 5) is 4.14. The Bertz CT molecular complexity index is 484. The van der Waals surface area contributed by atoms with Crippen LogP contribution < -0.4 is 4.74 Å². The van der Waals surface area contributed by atoms with Crippen LogP contribution in [0.3, 0.4) is 0 Å². The number of nitrogens with zero attached hydrogens (tertiary/aromatic N) is 3. The molecule has 1 heterocycles. The highest BCUT2D eigenvalue weighted by atomic mass is 16.5. The van der Waals surface area contributed by atoms with Crippen molar-refractivity contribution in [2.45, 2.75) is 32.4 Å². The summed E-state index contributed by atoms with van der Waals surface area (Å²) in [5.74, 6) is 1.64. The Morgan fingerprint density at radius 2 is 2.11 bits per heavy atom. The first-order valence-corrected chi connectivity index (χ1v) is 6.52. The summed E-state index contributed by atoms with van der Waals surface area (Å²) >= 11 is 0. The standard InChI is InChI=1S/C14H19N3O2/c1-2-17-14(15-11-16-17)10-12(18)8-9-19-13-6-4-3-5-7-13/h3-7,11-12,18H,2,8-10H2,1H3. The summed E-state index contributed by atoms with van der Waals surface area (Å²) in [7, 11) is 0. The number of rotatable bonds is 7. The van der Waals surface area contributed by atoms with Gasteiger partial charge in [-0.2, -0.15) is 5.10 Å². The second-order valence-electron chi connectivity index (χ2n) is 4.30. The molecule has 0 aliphatic rings. The molecule has 1 atom stereocenters. The fourth-order valence-corrected chi connectivity index (χ4v) is 1.85. The molecule has 0 radical (unpaired) electrons. The van der Waals surface area contributed by atoms with E-state index in [1.54, 1.807) is 4.68 Å². The highest BCUT2D eigenvalue weighted by Gasteiger charge is 2.10. The lowest BCUT2D eigenvalue weighted by atomic mass is 10.2. The largest absolute Gasteiger partial charge is 0.493 e. The summed E-state index contributed by atoms with van der Waals surface area (Å²) in [6.45, 7) is 3.26. The average Bonchev–Trinajstić information content (AvgIpc) is 2.87. The van der Waals surface area contributed by atoms with Gasteiger partial charge in [0.25, 0.3) is 0 Å². The molecule has 1 aromatic carbocycles. The van der Waals surface area contributed by atoms with Gasteiger partial charge >= 0.3 is 0 Å². The van der Waals surface area contributed by atoms with Gasteiger partial charge in [0, 0.05) is 19.4 Å². The topological polar surface area (TPSA) is 60.2 Å². The first-order valence-electron chi connectivity index (χ1n) is 6.52. The summed E-state index contributed by atoms with van der Waals surface area (Å²) in [6.07, 6.45) is 2.14. The Hall–Kier alpha value is -1.88. The zero-order valence-electron chi connectivity index (χ0n) is 11.1. The molecule has 0 amide bonds. The van der Waals surface area contributed by atoms with E-state index in [-0.39, 0.29) is 0 Å². The quantitative estimate of drug-likeness (QED) is 0.823. The van der Waals surface area contributed by atoms with Crippen LogP contribution in [0.2, 0.25) is 0 Å². The van der Waals surface area contributed by atoms with Crippen molar-refractivity contribution >= 4 is 0 Å². The molecule has 5 heteroatoms. The fraction of sp³-hybridized carbons (Fsp3) is 0.429. The summed E-state index contributed by atoms with van der Waals surface area (Å²) in [5.41, 5.74) is 0. The lowest BCUT2D eigenvalue weighted by Gasteiger charge is -2.11. The Balaban J connectivity index is 1.74. The molecule has 2 rings (SSSR count). The maximum atomic E-state index is 9.96. The molecule has 2 aromatic rings. The van der Waals surface area contributed by atoms with Gasteiger partial charge in [-0.3, -0.25) is 4.68 Å². The van der Waals surface area contributed by atoms with E-state index in [0.29, 0.717) is 19.4 Å². The van der Waals surface area contributed by atoms with Gasteiger partial charge in [0.2, 0.25) is 0 Å². The van der Waals surface area contributed by atoms with Crippen LogP contribution in [0.4, 0.5) is 0 Å². The van der Waals surface area contributed by atoms with E-state index < -0.39 is 6.10 Å². The minimum absolute atomic E-state index is 0.460. The van der Waals surface area contributed by atoms with Crippen LogP contribution in [0, 0.1) is 0 Å². The molecule has 1 N–H and O–H groups in total. The zero-order chi connectivity index (χ0) is 13.5. The summed E-state index contributed by atoms with van der Waals surface area (Å²) in [5, 5.41) is 14.0. The summed E-state index contributed by atoms with van der Waals surface area (Å²) in [6, 6.07) is 9.60. The lowest BCUT2D eigenvalue weighted by molar-refractivity contribution is 0.136. The van der Waals surface area contributed by atoms with Crippen molar-refractivity contribution in [3.63, 3.8) is 0 Å². The molecule has 0 bridgehead atoms. The van der Waals surface area contributed by atoms with Gasteiger partial charge in [-0.25, -0.2) is 4.98 Å². The number of hydrogen-bond acceptors (Lipinski definition) is 4. The number of aromatic nitrogens is 3. The molecular formula is C14H19N3O2. The normalized spacial score (nSPS) is 12.3. The number of para-hydroxylation sites is 1. The van der Waals surface area contributed by atoms with E-state index in [1.807, 2.05) is 37.3 Å². The van der Waals surface area contributed by atoms with Crippen LogP contribution >= 0.6 is 0 Å². The number of benzene rings is 1. The van der Waals surface area contributed by atoms with Crippen LogP contribution in [0.1, 0.15) is 19.2 Å². The molecule has 0 saturated carbocycles. The monoisotopic (exact) mass is 261 g/mol. The van der Waals surface area contributed by atoms with Crippen molar-refractivity contribution in [1.29, 1.82) is 0 Å². The van der Waals surface area contributed by atoms with Gasteiger partial charge < -0.3 is 9.84 Å². The van der Waals surface area contributed by atoms with E-state index in [4.69, 9.17) is 4.74 Å². The first kappa shape index (κ1) is 13.5. The molecule has 1 unspecified atom stereocenters. The van der Waals surface area contributed by atoms with Crippen LogP contribution in [0.15, 0.2) is 36.7 Å². The van der Waals surface area contributed by atoms with E-state index in [1.165, 1.54) is 6.33 Å². The minimum atomic E-state index is -0.460. The van der Waals surface area contributed by atoms with E-state index in [9.17, 15) is 5.11 Å². The number of hydrogen-bond donors (Lipinski definition) is 1. The first-order chi connectivity index (χ1) is 9.29. The van der Waals surface area contributed by atoms with Crippen molar-refractivity contribution in [3.05, 3.63) is 42.5 Å². The highest BCUT2D eigenvalue weighted by molar-refractivity contribution is 5.20. The Morgan fingerprint density at radius 3 is 2.84 bits per heavy atom. The molecule has 0 saturated heterocycles. The van der Waals surface area contributed by atoms with Gasteiger partial charge in [-0.05, 0) is 19.1 Å². The maximum absolute atomic E-state index is 9.96. The third-order valence-corrected chi connectivity index (χ3v) is 2.88. The molecule has 19 heavy (non-hydrogen) atoms. The van der Waals surface area contributed by atoms with Crippen molar-refractivity contribution in [3.8, 4) is 5.75 Å². The van der Waals surface area contributed by atoms with E-state index in [0.717, 1.165) is 18.1 Å². The van der Waals surface area contributed by atoms with Crippen molar-refractivity contribution in [1.82, 2.24) is 14.8 Å². The van der Waals surface area contributed by atoms with Crippen LogP contribution in [0.25, 0.3) is 0 Å². The second-order valence-corrected chi connectivity index (χ2v) is 4.30. The number of aliphatic hydroxyl groups is 1. The van der Waals surface area contributed by atoms with Gasteiger partial charge in [0.1, 0.15) is 17.9 Å². The van der Waals surface area contributed by atoms with E-state index in [2.05, 4.69) is 10.1 Å². The third-order valence-electron chi connectivity index (χ3n) is 2.88. The molecule has 0 aliphatic heterocycles. The Morgan fingerprint density at radius 1 is 1.32 bits per heavy atom. The average molecular weight is 261 g/mol. The third kappa shape index (κ3) is 4.06.